The summed E-state index contributed by atoms with van der Waals surface area (Å²) in [4.78, 5) is 1.16. The zero-order valence-electron chi connectivity index (χ0n) is 14.9. The van der Waals surface area contributed by atoms with Gasteiger partial charge >= 0.3 is 0 Å². The van der Waals surface area contributed by atoms with Crippen LogP contribution in [0.1, 0.15) is 22.1 Å². The Morgan fingerprint density at radius 3 is 2.50 bits per heavy atom. The molecular weight excluding hydrogens is 400 g/mol. The van der Waals surface area contributed by atoms with Gasteiger partial charge in [-0.1, -0.05) is 41.9 Å². The average Bonchev–Trinajstić information content (AvgIpc) is 3.11. The van der Waals surface area contributed by atoms with Gasteiger partial charge in [0.25, 0.3) is 0 Å². The van der Waals surface area contributed by atoms with Crippen molar-refractivity contribution >= 4 is 33.0 Å². The fraction of sp³-hybridized carbons (Fsp3) is 0.333. The highest BCUT2D eigenvalue weighted by Gasteiger charge is 2.44. The predicted molar refractivity (Wildman–Crippen MR) is 109 cm³/mol. The quantitative estimate of drug-likeness (QED) is 0.521. The van der Waals surface area contributed by atoms with Gasteiger partial charge < -0.3 is 25.2 Å². The first-order valence-electron chi connectivity index (χ1n) is 9.04. The number of rotatable bonds is 4. The van der Waals surface area contributed by atoms with Crippen LogP contribution in [0.4, 0.5) is 0 Å². The number of halogens is 1. The number of ether oxygens (including phenoxy) is 1. The molecule has 148 valence electrons. The summed E-state index contributed by atoms with van der Waals surface area (Å²) in [5.41, 5.74) is 1.51. The number of fused-ring (bicyclic) bond motifs is 1. The van der Waals surface area contributed by atoms with Gasteiger partial charge in [0.05, 0.1) is 6.61 Å². The lowest BCUT2D eigenvalue weighted by molar-refractivity contribution is -0.231. The minimum absolute atomic E-state index is 0.455. The molecule has 0 spiro atoms. The molecule has 3 aromatic rings. The van der Waals surface area contributed by atoms with E-state index in [1.54, 1.807) is 23.5 Å². The van der Waals surface area contributed by atoms with Crippen LogP contribution in [0.5, 0.6) is 0 Å². The van der Waals surface area contributed by atoms with E-state index in [0.717, 1.165) is 10.4 Å². The van der Waals surface area contributed by atoms with Crippen LogP contribution in [0, 0.1) is 0 Å². The van der Waals surface area contributed by atoms with Crippen molar-refractivity contribution in [2.45, 2.75) is 36.9 Å². The van der Waals surface area contributed by atoms with Crippen LogP contribution >= 0.6 is 22.9 Å². The van der Waals surface area contributed by atoms with Gasteiger partial charge in [-0.15, -0.1) is 11.3 Å². The monoisotopic (exact) mass is 420 g/mol. The molecule has 1 aliphatic rings. The lowest BCUT2D eigenvalue weighted by Gasteiger charge is -2.40. The molecule has 1 saturated heterocycles. The second-order valence-corrected chi connectivity index (χ2v) is 8.60. The van der Waals surface area contributed by atoms with Gasteiger partial charge in [0.15, 0.2) is 0 Å². The fourth-order valence-electron chi connectivity index (χ4n) is 3.60. The molecule has 2 heterocycles. The highest BCUT2D eigenvalue weighted by molar-refractivity contribution is 7.19. The summed E-state index contributed by atoms with van der Waals surface area (Å²) in [5.74, 6) is 0. The van der Waals surface area contributed by atoms with Crippen LogP contribution in [0.2, 0.25) is 5.02 Å². The molecular formula is C21H21ClO5S. The highest BCUT2D eigenvalue weighted by Crippen LogP contribution is 2.35. The van der Waals surface area contributed by atoms with Gasteiger partial charge in [-0.2, -0.15) is 0 Å². The Labute approximate surface area is 171 Å². The Balaban J connectivity index is 1.63. The third kappa shape index (κ3) is 3.69. The molecule has 0 radical (unpaired) electrons. The van der Waals surface area contributed by atoms with Gasteiger partial charge in [-0.25, -0.2) is 0 Å². The molecule has 1 unspecified atom stereocenters. The molecule has 2 aromatic carbocycles. The Bertz CT molecular complexity index is 939. The molecule has 0 aliphatic carbocycles. The maximum atomic E-state index is 10.4. The lowest BCUT2D eigenvalue weighted by Crippen LogP contribution is -2.55. The van der Waals surface area contributed by atoms with E-state index in [4.69, 9.17) is 16.3 Å². The van der Waals surface area contributed by atoms with Crippen molar-refractivity contribution in [1.29, 1.82) is 0 Å². The number of hydrogen-bond acceptors (Lipinski definition) is 6. The molecule has 5 nitrogen and oxygen atoms in total. The third-order valence-corrected chi connectivity index (χ3v) is 6.62. The van der Waals surface area contributed by atoms with Crippen molar-refractivity contribution in [1.82, 2.24) is 0 Å². The number of aliphatic hydroxyl groups is 4. The lowest BCUT2D eigenvalue weighted by atomic mass is 9.90. The molecule has 7 heteroatoms. The van der Waals surface area contributed by atoms with Gasteiger partial charge in [0.1, 0.15) is 30.5 Å². The maximum Gasteiger partial charge on any atom is 0.113 e. The molecule has 0 amide bonds. The van der Waals surface area contributed by atoms with Crippen LogP contribution in [-0.4, -0.2) is 51.4 Å². The molecule has 4 N–H and O–H groups in total. The number of thiophene rings is 1. The maximum absolute atomic E-state index is 10.4. The molecule has 1 aromatic heterocycles. The van der Waals surface area contributed by atoms with Crippen molar-refractivity contribution < 1.29 is 25.2 Å². The Kier molecular flexibility index (Phi) is 5.71. The second-order valence-electron chi connectivity index (χ2n) is 7.03. The zero-order valence-corrected chi connectivity index (χ0v) is 16.5. The summed E-state index contributed by atoms with van der Waals surface area (Å²) in [6.07, 6.45) is -5.27. The Morgan fingerprint density at radius 2 is 1.75 bits per heavy atom. The van der Waals surface area contributed by atoms with Gasteiger partial charge in [0.2, 0.25) is 0 Å². The van der Waals surface area contributed by atoms with E-state index in [9.17, 15) is 20.4 Å². The first-order chi connectivity index (χ1) is 13.5. The van der Waals surface area contributed by atoms with Crippen LogP contribution in [-0.2, 0) is 11.2 Å². The van der Waals surface area contributed by atoms with E-state index < -0.39 is 37.1 Å². The normalized spacial score (nSPS) is 28.0. The standard InChI is InChI=1S/C21H21ClO5S/c22-15-6-5-12(21-20(26)19(25)18(24)16(10-23)27-21)7-13(15)9-14-8-11-3-1-2-4-17(11)28-14/h1-8,16,18-21,23-26H,9-10H2/t16-,18-,19+,20-,21?/m1/s1. The minimum Gasteiger partial charge on any atom is -0.394 e. The smallest absolute Gasteiger partial charge is 0.113 e. The van der Waals surface area contributed by atoms with Crippen molar-refractivity contribution in [3.05, 3.63) is 69.6 Å². The van der Waals surface area contributed by atoms with Crippen molar-refractivity contribution in [3.63, 3.8) is 0 Å². The summed E-state index contributed by atoms with van der Waals surface area (Å²) in [7, 11) is 0. The number of benzene rings is 2. The summed E-state index contributed by atoms with van der Waals surface area (Å²) >= 11 is 8.10. The SMILES string of the molecule is OC[C@H]1OC(c2ccc(Cl)c(Cc3cc4ccccc4s3)c2)[C@H](O)[C@@H](O)[C@@H]1O. The van der Waals surface area contributed by atoms with Crippen molar-refractivity contribution in [2.75, 3.05) is 6.61 Å². The van der Waals surface area contributed by atoms with Crippen LogP contribution < -0.4 is 0 Å². The Morgan fingerprint density at radius 1 is 0.964 bits per heavy atom. The molecule has 4 rings (SSSR count). The zero-order chi connectivity index (χ0) is 19.8. The van der Waals surface area contributed by atoms with E-state index in [2.05, 4.69) is 18.2 Å². The fourth-order valence-corrected chi connectivity index (χ4v) is 4.87. The van der Waals surface area contributed by atoms with Gasteiger partial charge in [-0.3, -0.25) is 0 Å². The average molecular weight is 421 g/mol. The topological polar surface area (TPSA) is 90.2 Å². The minimum atomic E-state index is -1.40. The van der Waals surface area contributed by atoms with Crippen LogP contribution in [0.25, 0.3) is 10.1 Å². The van der Waals surface area contributed by atoms with E-state index in [-0.39, 0.29) is 0 Å². The Hall–Kier alpha value is -1.51. The summed E-state index contributed by atoms with van der Waals surface area (Å²) < 4.78 is 6.87. The van der Waals surface area contributed by atoms with Crippen LogP contribution in [0.15, 0.2) is 48.5 Å². The van der Waals surface area contributed by atoms with E-state index in [0.29, 0.717) is 17.0 Å². The first kappa shape index (κ1) is 19.8. The summed E-state index contributed by atoms with van der Waals surface area (Å²) in [6, 6.07) is 15.6. The molecule has 0 bridgehead atoms. The number of hydrogen-bond donors (Lipinski definition) is 4. The largest absolute Gasteiger partial charge is 0.394 e. The predicted octanol–water partition coefficient (Wildman–Crippen LogP) is 2.66. The van der Waals surface area contributed by atoms with Gasteiger partial charge in [0, 0.05) is 21.0 Å². The van der Waals surface area contributed by atoms with Gasteiger partial charge in [-0.05, 0) is 34.7 Å². The van der Waals surface area contributed by atoms with Crippen molar-refractivity contribution in [2.24, 2.45) is 0 Å². The van der Waals surface area contributed by atoms with E-state index >= 15 is 0 Å². The molecule has 0 saturated carbocycles. The third-order valence-electron chi connectivity index (χ3n) is 5.13. The van der Waals surface area contributed by atoms with E-state index in [1.165, 1.54) is 10.1 Å². The summed E-state index contributed by atoms with van der Waals surface area (Å²) in [5, 5.41) is 41.6. The molecule has 28 heavy (non-hydrogen) atoms. The highest BCUT2D eigenvalue weighted by atomic mass is 35.5. The van der Waals surface area contributed by atoms with E-state index in [1.807, 2.05) is 18.2 Å². The second kappa shape index (κ2) is 8.08. The molecule has 5 atom stereocenters. The molecule has 1 aliphatic heterocycles. The van der Waals surface area contributed by atoms with Crippen LogP contribution in [0.3, 0.4) is 0 Å². The molecule has 1 fully saturated rings. The summed E-state index contributed by atoms with van der Waals surface area (Å²) in [6.45, 7) is -0.455. The first-order valence-corrected chi connectivity index (χ1v) is 10.2. The number of aliphatic hydroxyl groups excluding tert-OH is 4. The van der Waals surface area contributed by atoms with Crippen molar-refractivity contribution in [3.8, 4) is 0 Å².